The highest BCUT2D eigenvalue weighted by molar-refractivity contribution is 4.83. The smallest absolute Gasteiger partial charge is 0.0431 e. The van der Waals surface area contributed by atoms with E-state index in [4.69, 9.17) is 5.11 Å². The van der Waals surface area contributed by atoms with Gasteiger partial charge in [0.2, 0.25) is 0 Å². The molecule has 0 aromatic carbocycles. The zero-order valence-corrected chi connectivity index (χ0v) is 11.1. The fraction of sp³-hybridized carbons (Fsp3) is 1.00. The van der Waals surface area contributed by atoms with E-state index in [0.29, 0.717) is 6.61 Å². The van der Waals surface area contributed by atoms with E-state index >= 15 is 0 Å². The third kappa shape index (κ3) is 4.42. The Kier molecular flexibility index (Phi) is 7.06. The monoisotopic (exact) mass is 227 g/mol. The van der Waals surface area contributed by atoms with Gasteiger partial charge in [0, 0.05) is 12.6 Å². The molecule has 1 fully saturated rings. The summed E-state index contributed by atoms with van der Waals surface area (Å²) in [6.45, 7) is 3.79. The van der Waals surface area contributed by atoms with Crippen molar-refractivity contribution in [3.63, 3.8) is 0 Å². The maximum absolute atomic E-state index is 8.79. The third-order valence-electron chi connectivity index (χ3n) is 4.03. The standard InChI is InChI=1S/C14H29NO/c1-3-4-8-13-9-7-10-14(13)15(2)11-5-6-12-16/h13-14,16H,3-12H2,1-2H3. The molecular weight excluding hydrogens is 198 g/mol. The summed E-state index contributed by atoms with van der Waals surface area (Å²) in [6, 6.07) is 0.824. The predicted molar refractivity (Wildman–Crippen MR) is 69.6 cm³/mol. The van der Waals surface area contributed by atoms with Gasteiger partial charge in [-0.15, -0.1) is 0 Å². The minimum Gasteiger partial charge on any atom is -0.396 e. The van der Waals surface area contributed by atoms with Crippen molar-refractivity contribution in [1.29, 1.82) is 0 Å². The normalized spacial score (nSPS) is 25.5. The fourth-order valence-electron chi connectivity index (χ4n) is 3.04. The van der Waals surface area contributed by atoms with Crippen LogP contribution in [0.15, 0.2) is 0 Å². The predicted octanol–water partition coefficient (Wildman–Crippen LogP) is 3.05. The van der Waals surface area contributed by atoms with E-state index in [1.807, 2.05) is 0 Å². The van der Waals surface area contributed by atoms with E-state index in [2.05, 4.69) is 18.9 Å². The second-order valence-corrected chi connectivity index (χ2v) is 5.31. The molecule has 0 aromatic heterocycles. The molecule has 0 radical (unpaired) electrons. The summed E-state index contributed by atoms with van der Waals surface area (Å²) in [6.07, 6.45) is 10.5. The van der Waals surface area contributed by atoms with Gasteiger partial charge in [-0.1, -0.05) is 26.2 Å². The average Bonchev–Trinajstić information content (AvgIpc) is 2.74. The summed E-state index contributed by atoms with van der Waals surface area (Å²) < 4.78 is 0. The lowest BCUT2D eigenvalue weighted by molar-refractivity contribution is 0.180. The van der Waals surface area contributed by atoms with Gasteiger partial charge in [-0.25, -0.2) is 0 Å². The highest BCUT2D eigenvalue weighted by atomic mass is 16.2. The summed E-state index contributed by atoms with van der Waals surface area (Å²) >= 11 is 0. The average molecular weight is 227 g/mol. The van der Waals surface area contributed by atoms with E-state index < -0.39 is 0 Å². The summed E-state index contributed by atoms with van der Waals surface area (Å²) in [5, 5.41) is 8.79. The fourth-order valence-corrected chi connectivity index (χ4v) is 3.04. The Morgan fingerprint density at radius 3 is 2.69 bits per heavy atom. The molecule has 0 saturated heterocycles. The second-order valence-electron chi connectivity index (χ2n) is 5.31. The molecule has 1 aliphatic rings. The van der Waals surface area contributed by atoms with Gasteiger partial charge in [0.15, 0.2) is 0 Å². The Labute approximate surface area is 101 Å². The van der Waals surface area contributed by atoms with Crippen LogP contribution in [0.1, 0.15) is 58.3 Å². The van der Waals surface area contributed by atoms with Gasteiger partial charge in [0.1, 0.15) is 0 Å². The first kappa shape index (κ1) is 14.0. The summed E-state index contributed by atoms with van der Waals surface area (Å²) in [5.41, 5.74) is 0. The molecule has 16 heavy (non-hydrogen) atoms. The molecule has 96 valence electrons. The van der Waals surface area contributed by atoms with Crippen LogP contribution >= 0.6 is 0 Å². The van der Waals surface area contributed by atoms with Crippen LogP contribution in [-0.4, -0.2) is 36.2 Å². The number of nitrogens with zero attached hydrogens (tertiary/aromatic N) is 1. The van der Waals surface area contributed by atoms with Gasteiger partial charge in [0.05, 0.1) is 0 Å². The molecule has 1 rings (SSSR count). The van der Waals surface area contributed by atoms with E-state index in [-0.39, 0.29) is 0 Å². The van der Waals surface area contributed by atoms with Crippen LogP contribution in [-0.2, 0) is 0 Å². The van der Waals surface area contributed by atoms with Gasteiger partial charge in [-0.05, 0) is 51.6 Å². The topological polar surface area (TPSA) is 23.5 Å². The molecular formula is C14H29NO. The van der Waals surface area contributed by atoms with Crippen molar-refractivity contribution in [1.82, 2.24) is 4.90 Å². The van der Waals surface area contributed by atoms with Crippen molar-refractivity contribution in [2.24, 2.45) is 5.92 Å². The molecule has 2 unspecified atom stereocenters. The molecule has 2 nitrogen and oxygen atoms in total. The third-order valence-corrected chi connectivity index (χ3v) is 4.03. The number of rotatable bonds is 8. The lowest BCUT2D eigenvalue weighted by Crippen LogP contribution is -2.35. The Balaban J connectivity index is 2.26. The van der Waals surface area contributed by atoms with E-state index in [1.54, 1.807) is 0 Å². The quantitative estimate of drug-likeness (QED) is 0.644. The van der Waals surface area contributed by atoms with Crippen LogP contribution in [0.3, 0.4) is 0 Å². The Morgan fingerprint density at radius 1 is 1.19 bits per heavy atom. The van der Waals surface area contributed by atoms with Gasteiger partial charge in [-0.2, -0.15) is 0 Å². The van der Waals surface area contributed by atoms with Crippen molar-refractivity contribution in [2.45, 2.75) is 64.3 Å². The maximum Gasteiger partial charge on any atom is 0.0431 e. The first-order valence-corrected chi connectivity index (χ1v) is 7.10. The zero-order chi connectivity index (χ0) is 11.8. The van der Waals surface area contributed by atoms with Crippen LogP contribution < -0.4 is 0 Å². The van der Waals surface area contributed by atoms with E-state index in [9.17, 15) is 0 Å². The van der Waals surface area contributed by atoms with Crippen LogP contribution in [0.2, 0.25) is 0 Å². The Morgan fingerprint density at radius 2 is 2.00 bits per heavy atom. The minimum absolute atomic E-state index is 0.345. The molecule has 1 aliphatic carbocycles. The largest absolute Gasteiger partial charge is 0.396 e. The number of hydrogen-bond donors (Lipinski definition) is 1. The van der Waals surface area contributed by atoms with Crippen molar-refractivity contribution >= 4 is 0 Å². The molecule has 0 spiro atoms. The lowest BCUT2D eigenvalue weighted by Gasteiger charge is -2.29. The SMILES string of the molecule is CCCCC1CCCC1N(C)CCCCO. The molecule has 0 amide bonds. The van der Waals surface area contributed by atoms with Crippen LogP contribution in [0.25, 0.3) is 0 Å². The molecule has 0 bridgehead atoms. The number of aliphatic hydroxyl groups is 1. The molecule has 1 N–H and O–H groups in total. The molecule has 0 heterocycles. The van der Waals surface area contributed by atoms with Gasteiger partial charge >= 0.3 is 0 Å². The molecule has 2 atom stereocenters. The van der Waals surface area contributed by atoms with Crippen LogP contribution in [0.5, 0.6) is 0 Å². The van der Waals surface area contributed by atoms with Gasteiger partial charge in [-0.3, -0.25) is 0 Å². The van der Waals surface area contributed by atoms with E-state index in [1.165, 1.54) is 38.5 Å². The Hall–Kier alpha value is -0.0800. The zero-order valence-electron chi connectivity index (χ0n) is 11.1. The lowest BCUT2D eigenvalue weighted by atomic mass is 9.96. The summed E-state index contributed by atoms with van der Waals surface area (Å²) in [5.74, 6) is 0.944. The van der Waals surface area contributed by atoms with Crippen molar-refractivity contribution in [2.75, 3.05) is 20.2 Å². The highest BCUT2D eigenvalue weighted by Crippen LogP contribution is 2.33. The maximum atomic E-state index is 8.79. The summed E-state index contributed by atoms with van der Waals surface area (Å²) in [4.78, 5) is 2.54. The van der Waals surface area contributed by atoms with Gasteiger partial charge < -0.3 is 10.0 Å². The van der Waals surface area contributed by atoms with E-state index in [0.717, 1.165) is 31.3 Å². The van der Waals surface area contributed by atoms with Crippen molar-refractivity contribution in [3.05, 3.63) is 0 Å². The summed E-state index contributed by atoms with van der Waals surface area (Å²) in [7, 11) is 2.27. The molecule has 1 saturated carbocycles. The molecule has 2 heteroatoms. The first-order chi connectivity index (χ1) is 7.79. The molecule has 0 aliphatic heterocycles. The highest BCUT2D eigenvalue weighted by Gasteiger charge is 2.29. The van der Waals surface area contributed by atoms with Crippen molar-refractivity contribution in [3.8, 4) is 0 Å². The van der Waals surface area contributed by atoms with Crippen LogP contribution in [0, 0.1) is 5.92 Å². The number of unbranched alkanes of at least 4 members (excludes halogenated alkanes) is 2. The Bertz CT molecular complexity index is 172. The second kappa shape index (κ2) is 8.08. The van der Waals surface area contributed by atoms with Crippen molar-refractivity contribution < 1.29 is 5.11 Å². The number of aliphatic hydroxyl groups excluding tert-OH is 1. The first-order valence-electron chi connectivity index (χ1n) is 7.10. The van der Waals surface area contributed by atoms with Crippen LogP contribution in [0.4, 0.5) is 0 Å². The van der Waals surface area contributed by atoms with Gasteiger partial charge in [0.25, 0.3) is 0 Å². The number of hydrogen-bond acceptors (Lipinski definition) is 2. The minimum atomic E-state index is 0.345. The molecule has 0 aromatic rings.